The molecule has 0 saturated carbocycles. The Balaban J connectivity index is 1.80. The number of nitrogens with one attached hydrogen (secondary N) is 1. The Bertz CT molecular complexity index is 744. The van der Waals surface area contributed by atoms with Gasteiger partial charge in [0.25, 0.3) is 0 Å². The Morgan fingerprint density at radius 3 is 2.57 bits per heavy atom. The van der Waals surface area contributed by atoms with E-state index >= 15 is 0 Å². The number of aromatic nitrogens is 1. The summed E-state index contributed by atoms with van der Waals surface area (Å²) in [6.07, 6.45) is 0. The summed E-state index contributed by atoms with van der Waals surface area (Å²) in [6, 6.07) is 9.78. The number of benzene rings is 1. The maximum atomic E-state index is 5.55. The minimum Gasteiger partial charge on any atom is -0.497 e. The molecule has 21 heavy (non-hydrogen) atoms. The number of thiazole rings is 1. The van der Waals surface area contributed by atoms with Gasteiger partial charge in [0, 0.05) is 16.6 Å². The fourth-order valence-corrected chi connectivity index (χ4v) is 2.87. The predicted molar refractivity (Wildman–Crippen MR) is 85.6 cm³/mol. The van der Waals surface area contributed by atoms with Crippen molar-refractivity contribution in [3.63, 3.8) is 0 Å². The minimum atomic E-state index is 0.838. The van der Waals surface area contributed by atoms with Gasteiger partial charge in [-0.2, -0.15) is 0 Å². The second kappa shape index (κ2) is 5.61. The second-order valence-corrected chi connectivity index (χ2v) is 5.58. The maximum absolute atomic E-state index is 5.55. The highest BCUT2D eigenvalue weighted by Gasteiger charge is 2.11. The number of hydrogen-bond acceptors (Lipinski definition) is 5. The molecule has 0 aliphatic rings. The normalized spacial score (nSPS) is 10.6. The Labute approximate surface area is 127 Å². The molecule has 4 nitrogen and oxygen atoms in total. The molecule has 0 aliphatic heterocycles. The van der Waals surface area contributed by atoms with E-state index in [1.807, 2.05) is 49.6 Å². The molecule has 108 valence electrons. The first kappa shape index (κ1) is 13.7. The predicted octanol–water partition coefficient (Wildman–Crippen LogP) is 4.77. The van der Waals surface area contributed by atoms with E-state index in [2.05, 4.69) is 10.3 Å². The molecule has 0 amide bonds. The molecule has 0 atom stereocenters. The van der Waals surface area contributed by atoms with Crippen LogP contribution in [-0.2, 0) is 0 Å². The molecule has 0 unspecified atom stereocenters. The summed E-state index contributed by atoms with van der Waals surface area (Å²) in [5.41, 5.74) is 2.97. The number of furan rings is 1. The molecule has 2 heterocycles. The zero-order valence-corrected chi connectivity index (χ0v) is 13.0. The van der Waals surface area contributed by atoms with E-state index < -0.39 is 0 Å². The fraction of sp³-hybridized carbons (Fsp3) is 0.188. The quantitative estimate of drug-likeness (QED) is 0.753. The number of ether oxygens (including phenoxy) is 1. The van der Waals surface area contributed by atoms with Crippen LogP contribution in [0.2, 0.25) is 0 Å². The number of hydrogen-bond donors (Lipinski definition) is 1. The van der Waals surface area contributed by atoms with Crippen LogP contribution in [0.5, 0.6) is 5.75 Å². The van der Waals surface area contributed by atoms with E-state index in [0.717, 1.165) is 39.3 Å². The molecule has 2 aromatic heterocycles. The molecule has 1 aromatic carbocycles. The van der Waals surface area contributed by atoms with Crippen LogP contribution >= 0.6 is 11.3 Å². The first-order valence-corrected chi connectivity index (χ1v) is 7.47. The van der Waals surface area contributed by atoms with Crippen molar-refractivity contribution in [3.05, 3.63) is 47.2 Å². The van der Waals surface area contributed by atoms with Crippen LogP contribution in [0.1, 0.15) is 11.5 Å². The highest BCUT2D eigenvalue weighted by Crippen LogP contribution is 2.31. The van der Waals surface area contributed by atoms with Crippen molar-refractivity contribution >= 4 is 22.2 Å². The second-order valence-electron chi connectivity index (χ2n) is 4.72. The van der Waals surface area contributed by atoms with Crippen molar-refractivity contribution < 1.29 is 9.15 Å². The molecular weight excluding hydrogens is 284 g/mol. The van der Waals surface area contributed by atoms with Crippen molar-refractivity contribution in [2.45, 2.75) is 13.8 Å². The molecule has 0 fully saturated rings. The Morgan fingerprint density at radius 2 is 1.95 bits per heavy atom. The third kappa shape index (κ3) is 2.92. The highest BCUT2D eigenvalue weighted by atomic mass is 32.1. The molecule has 3 rings (SSSR count). The smallest absolute Gasteiger partial charge is 0.187 e. The van der Waals surface area contributed by atoms with Crippen molar-refractivity contribution in [3.8, 4) is 17.0 Å². The number of methoxy groups -OCH3 is 1. The number of nitrogens with zero attached hydrogens (tertiary/aromatic N) is 1. The van der Waals surface area contributed by atoms with E-state index in [4.69, 9.17) is 9.15 Å². The lowest BCUT2D eigenvalue weighted by atomic mass is 10.2. The van der Waals surface area contributed by atoms with E-state index in [9.17, 15) is 0 Å². The van der Waals surface area contributed by atoms with Gasteiger partial charge in [0.2, 0.25) is 0 Å². The molecule has 0 radical (unpaired) electrons. The van der Waals surface area contributed by atoms with Crippen LogP contribution in [0.3, 0.4) is 0 Å². The number of aryl methyl sites for hydroxylation is 2. The van der Waals surface area contributed by atoms with Gasteiger partial charge >= 0.3 is 0 Å². The van der Waals surface area contributed by atoms with Crippen LogP contribution in [-0.4, -0.2) is 12.1 Å². The van der Waals surface area contributed by atoms with Gasteiger partial charge < -0.3 is 14.5 Å². The lowest BCUT2D eigenvalue weighted by Crippen LogP contribution is -1.90. The number of rotatable bonds is 4. The van der Waals surface area contributed by atoms with Gasteiger partial charge in [0.1, 0.15) is 17.3 Å². The minimum absolute atomic E-state index is 0.838. The topological polar surface area (TPSA) is 47.3 Å². The van der Waals surface area contributed by atoms with Crippen molar-refractivity contribution in [1.82, 2.24) is 4.98 Å². The summed E-state index contributed by atoms with van der Waals surface area (Å²) < 4.78 is 10.7. The van der Waals surface area contributed by atoms with E-state index in [1.54, 1.807) is 18.4 Å². The van der Waals surface area contributed by atoms with Gasteiger partial charge in [-0.1, -0.05) is 0 Å². The molecule has 3 aromatic rings. The van der Waals surface area contributed by atoms with Crippen LogP contribution < -0.4 is 10.1 Å². The molecule has 0 bridgehead atoms. The third-order valence-corrected chi connectivity index (χ3v) is 3.92. The third-order valence-electron chi connectivity index (χ3n) is 3.16. The molecule has 5 heteroatoms. The first-order chi connectivity index (χ1) is 10.2. The van der Waals surface area contributed by atoms with Crippen LogP contribution in [0.15, 0.2) is 40.1 Å². The van der Waals surface area contributed by atoms with Crippen molar-refractivity contribution in [1.29, 1.82) is 0 Å². The Kier molecular flexibility index (Phi) is 3.66. The summed E-state index contributed by atoms with van der Waals surface area (Å²) in [5.74, 6) is 2.64. The SMILES string of the molecule is COc1ccc(Nc2nc(-c3cc(C)oc3C)cs2)cc1. The highest BCUT2D eigenvalue weighted by molar-refractivity contribution is 7.14. The Morgan fingerprint density at radius 1 is 1.19 bits per heavy atom. The van der Waals surface area contributed by atoms with Crippen LogP contribution in [0, 0.1) is 13.8 Å². The zero-order valence-electron chi connectivity index (χ0n) is 12.1. The lowest BCUT2D eigenvalue weighted by Gasteiger charge is -2.03. The summed E-state index contributed by atoms with van der Waals surface area (Å²) in [5, 5.41) is 6.18. The Hall–Kier alpha value is -2.27. The van der Waals surface area contributed by atoms with E-state index in [0.29, 0.717) is 0 Å². The van der Waals surface area contributed by atoms with Gasteiger partial charge in [-0.15, -0.1) is 11.3 Å². The van der Waals surface area contributed by atoms with Crippen molar-refractivity contribution in [2.24, 2.45) is 0 Å². The molecule has 0 spiro atoms. The zero-order chi connectivity index (χ0) is 14.8. The van der Waals surface area contributed by atoms with Gasteiger partial charge in [0.05, 0.1) is 12.8 Å². The van der Waals surface area contributed by atoms with Gasteiger partial charge in [-0.25, -0.2) is 4.98 Å². The number of anilines is 2. The summed E-state index contributed by atoms with van der Waals surface area (Å²) in [6.45, 7) is 3.90. The van der Waals surface area contributed by atoms with E-state index in [-0.39, 0.29) is 0 Å². The van der Waals surface area contributed by atoms with Gasteiger partial charge in [-0.05, 0) is 44.2 Å². The van der Waals surface area contributed by atoms with Crippen molar-refractivity contribution in [2.75, 3.05) is 12.4 Å². The summed E-state index contributed by atoms with van der Waals surface area (Å²) >= 11 is 1.57. The van der Waals surface area contributed by atoms with Crippen LogP contribution in [0.4, 0.5) is 10.8 Å². The molecule has 0 aliphatic carbocycles. The molecule has 1 N–H and O–H groups in total. The van der Waals surface area contributed by atoms with Gasteiger partial charge in [0.15, 0.2) is 5.13 Å². The van der Waals surface area contributed by atoms with Crippen LogP contribution in [0.25, 0.3) is 11.3 Å². The summed E-state index contributed by atoms with van der Waals surface area (Å²) in [4.78, 5) is 4.61. The largest absolute Gasteiger partial charge is 0.497 e. The standard InChI is InChI=1S/C16H16N2O2S/c1-10-8-14(11(2)20-10)15-9-21-16(18-15)17-12-4-6-13(19-3)7-5-12/h4-9H,1-3H3,(H,17,18). The fourth-order valence-electron chi connectivity index (χ4n) is 2.14. The average Bonchev–Trinajstić information content (AvgIpc) is 3.06. The monoisotopic (exact) mass is 300 g/mol. The average molecular weight is 300 g/mol. The summed E-state index contributed by atoms with van der Waals surface area (Å²) in [7, 11) is 1.66. The molecular formula is C16H16N2O2S. The lowest BCUT2D eigenvalue weighted by molar-refractivity contribution is 0.415. The van der Waals surface area contributed by atoms with Gasteiger partial charge in [-0.3, -0.25) is 0 Å². The first-order valence-electron chi connectivity index (χ1n) is 6.60. The maximum Gasteiger partial charge on any atom is 0.187 e. The van der Waals surface area contributed by atoms with E-state index in [1.165, 1.54) is 0 Å². The molecule has 0 saturated heterocycles.